The van der Waals surface area contributed by atoms with E-state index >= 15 is 0 Å². The SMILES string of the molecule is C[C@H]1CCN(C(=O)CCCS(C)(=O)=O)[C@@H]1c1cccc(F)c1. The molecule has 122 valence electrons. The van der Waals surface area contributed by atoms with Gasteiger partial charge in [0.2, 0.25) is 5.91 Å². The van der Waals surface area contributed by atoms with Crippen molar-refractivity contribution >= 4 is 15.7 Å². The van der Waals surface area contributed by atoms with Gasteiger partial charge in [-0.25, -0.2) is 12.8 Å². The van der Waals surface area contributed by atoms with E-state index in [-0.39, 0.29) is 35.9 Å². The standard InChI is InChI=1S/C16H22FNO3S/c1-12-8-9-18(15(19)7-4-10-22(2,20)21)16(12)13-5-3-6-14(17)11-13/h3,5-6,11-12,16H,4,7-10H2,1-2H3/t12-,16-/m0/s1. The number of halogens is 1. The van der Waals surface area contributed by atoms with Crippen molar-refractivity contribution in [2.24, 2.45) is 5.92 Å². The van der Waals surface area contributed by atoms with E-state index in [9.17, 15) is 17.6 Å². The molecule has 1 aliphatic rings. The van der Waals surface area contributed by atoms with Crippen LogP contribution >= 0.6 is 0 Å². The van der Waals surface area contributed by atoms with Crippen molar-refractivity contribution in [1.82, 2.24) is 4.90 Å². The van der Waals surface area contributed by atoms with Gasteiger partial charge < -0.3 is 4.90 Å². The quantitative estimate of drug-likeness (QED) is 0.835. The molecule has 0 radical (unpaired) electrons. The lowest BCUT2D eigenvalue weighted by Gasteiger charge is -2.27. The molecular weight excluding hydrogens is 305 g/mol. The molecular formula is C16H22FNO3S. The molecule has 2 rings (SSSR count). The number of sulfone groups is 1. The number of hydrogen-bond donors (Lipinski definition) is 0. The lowest BCUT2D eigenvalue weighted by Crippen LogP contribution is -2.32. The summed E-state index contributed by atoms with van der Waals surface area (Å²) in [5.41, 5.74) is 0.807. The number of nitrogens with zero attached hydrogens (tertiary/aromatic N) is 1. The molecule has 0 aromatic heterocycles. The molecule has 22 heavy (non-hydrogen) atoms. The molecule has 1 fully saturated rings. The molecule has 0 bridgehead atoms. The third-order valence-electron chi connectivity index (χ3n) is 4.12. The number of likely N-dealkylation sites (tertiary alicyclic amines) is 1. The summed E-state index contributed by atoms with van der Waals surface area (Å²) in [5, 5.41) is 0. The minimum atomic E-state index is -3.05. The lowest BCUT2D eigenvalue weighted by molar-refractivity contribution is -0.132. The van der Waals surface area contributed by atoms with Crippen molar-refractivity contribution in [1.29, 1.82) is 0 Å². The molecule has 0 N–H and O–H groups in total. The van der Waals surface area contributed by atoms with Gasteiger partial charge in [-0.3, -0.25) is 4.79 Å². The summed E-state index contributed by atoms with van der Waals surface area (Å²) in [6, 6.07) is 6.24. The first kappa shape index (κ1) is 16.9. The molecule has 1 aromatic carbocycles. The summed E-state index contributed by atoms with van der Waals surface area (Å²) in [6.07, 6.45) is 2.59. The smallest absolute Gasteiger partial charge is 0.223 e. The van der Waals surface area contributed by atoms with E-state index in [0.29, 0.717) is 13.0 Å². The van der Waals surface area contributed by atoms with E-state index in [4.69, 9.17) is 0 Å². The second-order valence-electron chi connectivity index (χ2n) is 6.09. The Morgan fingerprint density at radius 1 is 1.41 bits per heavy atom. The molecule has 1 aromatic rings. The average Bonchev–Trinajstić information content (AvgIpc) is 2.79. The average molecular weight is 327 g/mol. The molecule has 1 amide bonds. The van der Waals surface area contributed by atoms with Crippen LogP contribution in [0.4, 0.5) is 4.39 Å². The number of benzene rings is 1. The van der Waals surface area contributed by atoms with Crippen LogP contribution in [0.1, 0.15) is 37.8 Å². The predicted molar refractivity (Wildman–Crippen MR) is 83.6 cm³/mol. The summed E-state index contributed by atoms with van der Waals surface area (Å²) in [6.45, 7) is 2.69. The van der Waals surface area contributed by atoms with Gasteiger partial charge in [0.15, 0.2) is 0 Å². The van der Waals surface area contributed by atoms with Gasteiger partial charge in [0.25, 0.3) is 0 Å². The van der Waals surface area contributed by atoms with Crippen LogP contribution in [0.25, 0.3) is 0 Å². The van der Waals surface area contributed by atoms with E-state index in [0.717, 1.165) is 12.0 Å². The van der Waals surface area contributed by atoms with E-state index in [2.05, 4.69) is 6.92 Å². The van der Waals surface area contributed by atoms with Crippen LogP contribution in [0.15, 0.2) is 24.3 Å². The molecule has 1 aliphatic heterocycles. The van der Waals surface area contributed by atoms with Gasteiger partial charge in [-0.1, -0.05) is 19.1 Å². The molecule has 2 atom stereocenters. The van der Waals surface area contributed by atoms with Gasteiger partial charge in [0.05, 0.1) is 11.8 Å². The zero-order valence-electron chi connectivity index (χ0n) is 13.0. The number of hydrogen-bond acceptors (Lipinski definition) is 3. The second kappa shape index (κ2) is 6.77. The Hall–Kier alpha value is -1.43. The molecule has 1 saturated heterocycles. The topological polar surface area (TPSA) is 54.5 Å². The first-order valence-electron chi connectivity index (χ1n) is 7.50. The summed E-state index contributed by atoms with van der Waals surface area (Å²) in [4.78, 5) is 14.1. The maximum Gasteiger partial charge on any atom is 0.223 e. The summed E-state index contributed by atoms with van der Waals surface area (Å²) in [5.74, 6) is -0.0729. The van der Waals surface area contributed by atoms with E-state index in [1.807, 2.05) is 6.07 Å². The molecule has 0 aliphatic carbocycles. The molecule has 0 spiro atoms. The fourth-order valence-electron chi connectivity index (χ4n) is 3.05. The Morgan fingerprint density at radius 2 is 2.14 bits per heavy atom. The Balaban J connectivity index is 2.07. The normalized spacial score (nSPS) is 22.0. The maximum atomic E-state index is 13.4. The third kappa shape index (κ3) is 4.29. The first-order valence-corrected chi connectivity index (χ1v) is 9.56. The zero-order valence-corrected chi connectivity index (χ0v) is 13.8. The predicted octanol–water partition coefficient (Wildman–Crippen LogP) is 2.56. The van der Waals surface area contributed by atoms with Crippen LogP contribution in [-0.2, 0) is 14.6 Å². The number of carbonyl (C=O) groups excluding carboxylic acids is 1. The second-order valence-corrected chi connectivity index (χ2v) is 8.35. The largest absolute Gasteiger partial charge is 0.335 e. The van der Waals surface area contributed by atoms with Crippen molar-refractivity contribution < 1.29 is 17.6 Å². The van der Waals surface area contributed by atoms with Crippen LogP contribution in [-0.4, -0.2) is 37.8 Å². The highest BCUT2D eigenvalue weighted by atomic mass is 32.2. The lowest BCUT2D eigenvalue weighted by atomic mass is 9.95. The summed E-state index contributed by atoms with van der Waals surface area (Å²) >= 11 is 0. The van der Waals surface area contributed by atoms with Gasteiger partial charge in [0.1, 0.15) is 15.7 Å². The minimum Gasteiger partial charge on any atom is -0.335 e. The highest BCUT2D eigenvalue weighted by Gasteiger charge is 2.35. The van der Waals surface area contributed by atoms with Gasteiger partial charge in [0, 0.05) is 19.2 Å². The Labute approximate surface area is 131 Å². The third-order valence-corrected chi connectivity index (χ3v) is 5.15. The van der Waals surface area contributed by atoms with Gasteiger partial charge >= 0.3 is 0 Å². The summed E-state index contributed by atoms with van der Waals surface area (Å²) < 4.78 is 35.7. The zero-order chi connectivity index (χ0) is 16.3. The molecule has 0 saturated carbocycles. The monoisotopic (exact) mass is 327 g/mol. The van der Waals surface area contributed by atoms with Gasteiger partial charge in [-0.05, 0) is 36.5 Å². The Kier molecular flexibility index (Phi) is 5.21. The van der Waals surface area contributed by atoms with E-state index in [1.54, 1.807) is 11.0 Å². The van der Waals surface area contributed by atoms with Crippen molar-refractivity contribution in [2.75, 3.05) is 18.6 Å². The Morgan fingerprint density at radius 3 is 2.77 bits per heavy atom. The van der Waals surface area contributed by atoms with Crippen LogP contribution in [0, 0.1) is 11.7 Å². The summed E-state index contributed by atoms with van der Waals surface area (Å²) in [7, 11) is -3.05. The van der Waals surface area contributed by atoms with Crippen LogP contribution in [0.2, 0.25) is 0 Å². The fourth-order valence-corrected chi connectivity index (χ4v) is 3.72. The molecule has 6 heteroatoms. The van der Waals surface area contributed by atoms with Gasteiger partial charge in [-0.2, -0.15) is 0 Å². The van der Waals surface area contributed by atoms with Crippen molar-refractivity contribution in [2.45, 2.75) is 32.2 Å². The maximum absolute atomic E-state index is 13.4. The van der Waals surface area contributed by atoms with Crippen LogP contribution < -0.4 is 0 Å². The number of amides is 1. The number of rotatable bonds is 5. The van der Waals surface area contributed by atoms with Crippen molar-refractivity contribution in [3.05, 3.63) is 35.6 Å². The van der Waals surface area contributed by atoms with Crippen molar-refractivity contribution in [3.8, 4) is 0 Å². The van der Waals surface area contributed by atoms with Crippen LogP contribution in [0.3, 0.4) is 0 Å². The highest BCUT2D eigenvalue weighted by molar-refractivity contribution is 7.90. The van der Waals surface area contributed by atoms with Crippen LogP contribution in [0.5, 0.6) is 0 Å². The molecule has 1 heterocycles. The van der Waals surface area contributed by atoms with Gasteiger partial charge in [-0.15, -0.1) is 0 Å². The highest BCUT2D eigenvalue weighted by Crippen LogP contribution is 2.37. The Bertz CT molecular complexity index is 645. The van der Waals surface area contributed by atoms with E-state index < -0.39 is 9.84 Å². The van der Waals surface area contributed by atoms with Crippen molar-refractivity contribution in [3.63, 3.8) is 0 Å². The fraction of sp³-hybridized carbons (Fsp3) is 0.562. The minimum absolute atomic E-state index is 0.0206. The number of carbonyl (C=O) groups is 1. The first-order chi connectivity index (χ1) is 10.3. The molecule has 0 unspecified atom stereocenters. The molecule has 4 nitrogen and oxygen atoms in total. The van der Waals surface area contributed by atoms with E-state index in [1.165, 1.54) is 18.4 Å².